The van der Waals surface area contributed by atoms with Crippen molar-refractivity contribution in [3.63, 3.8) is 0 Å². The SMILES string of the molecule is COc1ccc(S(=O)(=O)N(Cc2ccccc2Cl)c2ccc(F)cc2)cc1. The lowest BCUT2D eigenvalue weighted by molar-refractivity contribution is 0.414. The van der Waals surface area contributed by atoms with Crippen molar-refractivity contribution < 1.29 is 17.5 Å². The molecule has 0 unspecified atom stereocenters. The van der Waals surface area contributed by atoms with Gasteiger partial charge in [0.05, 0.1) is 24.2 Å². The summed E-state index contributed by atoms with van der Waals surface area (Å²) in [5.74, 6) is 0.103. The van der Waals surface area contributed by atoms with Gasteiger partial charge >= 0.3 is 0 Å². The molecular weight excluding hydrogens is 389 g/mol. The van der Waals surface area contributed by atoms with E-state index in [4.69, 9.17) is 16.3 Å². The number of nitrogens with zero attached hydrogens (tertiary/aromatic N) is 1. The Labute approximate surface area is 162 Å². The van der Waals surface area contributed by atoms with E-state index in [9.17, 15) is 12.8 Å². The molecule has 4 nitrogen and oxygen atoms in total. The number of halogens is 2. The maximum Gasteiger partial charge on any atom is 0.264 e. The molecular formula is C20H17ClFNO3S. The number of benzene rings is 3. The van der Waals surface area contributed by atoms with E-state index in [0.717, 1.165) is 0 Å². The summed E-state index contributed by atoms with van der Waals surface area (Å²) in [7, 11) is -2.40. The van der Waals surface area contributed by atoms with Gasteiger partial charge in [0.2, 0.25) is 0 Å². The van der Waals surface area contributed by atoms with Crippen molar-refractivity contribution in [3.8, 4) is 5.75 Å². The van der Waals surface area contributed by atoms with Gasteiger partial charge in [-0.05, 0) is 60.2 Å². The Hall–Kier alpha value is -2.57. The lowest BCUT2D eigenvalue weighted by Crippen LogP contribution is -2.30. The molecule has 0 radical (unpaired) electrons. The average molecular weight is 406 g/mol. The second kappa shape index (κ2) is 7.98. The molecule has 0 saturated heterocycles. The zero-order valence-corrected chi connectivity index (χ0v) is 16.0. The monoisotopic (exact) mass is 405 g/mol. The number of anilines is 1. The van der Waals surface area contributed by atoms with Gasteiger partial charge in [-0.3, -0.25) is 4.31 Å². The molecule has 0 bridgehead atoms. The number of ether oxygens (including phenoxy) is 1. The summed E-state index contributed by atoms with van der Waals surface area (Å²) in [5.41, 5.74) is 0.979. The minimum absolute atomic E-state index is 0.0136. The summed E-state index contributed by atoms with van der Waals surface area (Å²) in [4.78, 5) is 0.0969. The Balaban J connectivity index is 2.07. The molecule has 3 rings (SSSR count). The molecule has 0 N–H and O–H groups in total. The fraction of sp³-hybridized carbons (Fsp3) is 0.100. The van der Waals surface area contributed by atoms with Crippen molar-refractivity contribution in [1.82, 2.24) is 0 Å². The zero-order chi connectivity index (χ0) is 19.4. The third-order valence-electron chi connectivity index (χ3n) is 4.03. The van der Waals surface area contributed by atoms with Crippen LogP contribution in [0.5, 0.6) is 5.75 Å². The molecule has 3 aromatic carbocycles. The molecule has 0 aliphatic carbocycles. The van der Waals surface area contributed by atoms with Crippen LogP contribution >= 0.6 is 11.6 Å². The minimum atomic E-state index is -3.91. The fourth-order valence-electron chi connectivity index (χ4n) is 2.58. The summed E-state index contributed by atoms with van der Waals surface area (Å²) in [6.45, 7) is 0.0136. The normalized spacial score (nSPS) is 11.2. The van der Waals surface area contributed by atoms with Gasteiger partial charge in [0.1, 0.15) is 11.6 Å². The average Bonchev–Trinajstić information content (AvgIpc) is 2.68. The van der Waals surface area contributed by atoms with Crippen LogP contribution in [0.1, 0.15) is 5.56 Å². The highest BCUT2D eigenvalue weighted by Gasteiger charge is 2.26. The molecule has 0 aliphatic heterocycles. The third kappa shape index (κ3) is 4.23. The van der Waals surface area contributed by atoms with Gasteiger partial charge in [0, 0.05) is 5.02 Å². The Kier molecular flexibility index (Phi) is 5.68. The second-order valence-corrected chi connectivity index (χ2v) is 8.02. The minimum Gasteiger partial charge on any atom is -0.497 e. The predicted octanol–water partition coefficient (Wildman–Crippen LogP) is 4.88. The number of methoxy groups -OCH3 is 1. The number of sulfonamides is 1. The third-order valence-corrected chi connectivity index (χ3v) is 6.19. The number of hydrogen-bond acceptors (Lipinski definition) is 3. The lowest BCUT2D eigenvalue weighted by Gasteiger charge is -2.25. The summed E-state index contributed by atoms with van der Waals surface area (Å²) < 4.78 is 46.2. The van der Waals surface area contributed by atoms with E-state index in [-0.39, 0.29) is 11.4 Å². The Morgan fingerprint density at radius 2 is 1.59 bits per heavy atom. The molecule has 0 spiro atoms. The van der Waals surface area contributed by atoms with Crippen molar-refractivity contribution >= 4 is 27.3 Å². The maximum absolute atomic E-state index is 13.3. The highest BCUT2D eigenvalue weighted by Crippen LogP contribution is 2.29. The number of hydrogen-bond donors (Lipinski definition) is 0. The van der Waals surface area contributed by atoms with Crippen LogP contribution in [0.15, 0.2) is 77.7 Å². The molecule has 0 fully saturated rings. The van der Waals surface area contributed by atoms with Gasteiger partial charge in [-0.1, -0.05) is 29.8 Å². The zero-order valence-electron chi connectivity index (χ0n) is 14.5. The molecule has 27 heavy (non-hydrogen) atoms. The summed E-state index contributed by atoms with van der Waals surface area (Å²) in [6, 6.07) is 18.4. The van der Waals surface area contributed by atoms with E-state index >= 15 is 0 Å². The van der Waals surface area contributed by atoms with Crippen LogP contribution in [0.2, 0.25) is 5.02 Å². The van der Waals surface area contributed by atoms with Crippen LogP contribution in [0, 0.1) is 5.82 Å². The summed E-state index contributed by atoms with van der Waals surface area (Å²) in [6.07, 6.45) is 0. The largest absolute Gasteiger partial charge is 0.497 e. The molecule has 0 heterocycles. The van der Waals surface area contributed by atoms with Crippen LogP contribution in [0.3, 0.4) is 0 Å². The second-order valence-electron chi connectivity index (χ2n) is 5.76. The van der Waals surface area contributed by atoms with Gasteiger partial charge in [-0.15, -0.1) is 0 Å². The van der Waals surface area contributed by atoms with Gasteiger partial charge < -0.3 is 4.74 Å². The highest BCUT2D eigenvalue weighted by atomic mass is 35.5. The van der Waals surface area contributed by atoms with Crippen molar-refractivity contribution in [1.29, 1.82) is 0 Å². The molecule has 0 aliphatic rings. The van der Waals surface area contributed by atoms with E-state index in [1.807, 2.05) is 0 Å². The first kappa shape index (κ1) is 19.2. The van der Waals surface area contributed by atoms with E-state index in [2.05, 4.69) is 0 Å². The molecule has 0 aromatic heterocycles. The van der Waals surface area contributed by atoms with Crippen molar-refractivity contribution in [2.45, 2.75) is 11.4 Å². The summed E-state index contributed by atoms with van der Waals surface area (Å²) in [5, 5.41) is 0.453. The molecule has 0 amide bonds. The Bertz CT molecular complexity index is 1020. The first-order valence-electron chi connectivity index (χ1n) is 8.07. The maximum atomic E-state index is 13.3. The molecule has 0 saturated carbocycles. The van der Waals surface area contributed by atoms with Crippen molar-refractivity contribution in [2.24, 2.45) is 0 Å². The molecule has 3 aromatic rings. The fourth-order valence-corrected chi connectivity index (χ4v) is 4.22. The van der Waals surface area contributed by atoms with Crippen LogP contribution in [-0.2, 0) is 16.6 Å². The topological polar surface area (TPSA) is 46.6 Å². The van der Waals surface area contributed by atoms with E-state index in [0.29, 0.717) is 22.0 Å². The molecule has 140 valence electrons. The number of rotatable bonds is 6. The smallest absolute Gasteiger partial charge is 0.264 e. The summed E-state index contributed by atoms with van der Waals surface area (Å²) >= 11 is 6.22. The van der Waals surface area contributed by atoms with Crippen LogP contribution < -0.4 is 9.04 Å². The lowest BCUT2D eigenvalue weighted by atomic mass is 10.2. The van der Waals surface area contributed by atoms with Crippen LogP contribution in [0.4, 0.5) is 10.1 Å². The Morgan fingerprint density at radius 3 is 2.19 bits per heavy atom. The highest BCUT2D eigenvalue weighted by molar-refractivity contribution is 7.92. The van der Waals surface area contributed by atoms with Gasteiger partial charge in [0.15, 0.2) is 0 Å². The van der Waals surface area contributed by atoms with Crippen LogP contribution in [0.25, 0.3) is 0 Å². The van der Waals surface area contributed by atoms with E-state index in [1.165, 1.54) is 47.8 Å². The predicted molar refractivity (Wildman–Crippen MR) is 104 cm³/mol. The van der Waals surface area contributed by atoms with Gasteiger partial charge in [-0.2, -0.15) is 0 Å². The van der Waals surface area contributed by atoms with E-state index in [1.54, 1.807) is 36.4 Å². The van der Waals surface area contributed by atoms with E-state index < -0.39 is 15.8 Å². The Morgan fingerprint density at radius 1 is 0.963 bits per heavy atom. The van der Waals surface area contributed by atoms with Gasteiger partial charge in [-0.25, -0.2) is 12.8 Å². The standard InChI is InChI=1S/C20H17ClFNO3S/c1-26-18-10-12-19(13-11-18)27(24,25)23(17-8-6-16(22)7-9-17)14-15-4-2-3-5-20(15)21/h2-13H,14H2,1H3. The first-order chi connectivity index (χ1) is 12.9. The molecule has 0 atom stereocenters. The van der Waals surface area contributed by atoms with Gasteiger partial charge in [0.25, 0.3) is 10.0 Å². The van der Waals surface area contributed by atoms with Crippen LogP contribution in [-0.4, -0.2) is 15.5 Å². The quantitative estimate of drug-likeness (QED) is 0.587. The molecule has 7 heteroatoms. The van der Waals surface area contributed by atoms with Crippen molar-refractivity contribution in [3.05, 3.63) is 89.2 Å². The first-order valence-corrected chi connectivity index (χ1v) is 9.89. The van der Waals surface area contributed by atoms with Crippen molar-refractivity contribution in [2.75, 3.05) is 11.4 Å².